The Balaban J connectivity index is 0.756. The molecular weight excluding hydrogens is 813 g/mol. The van der Waals surface area contributed by atoms with E-state index in [1.165, 1.54) is 0 Å². The monoisotopic (exact) mass is 870 g/mol. The Morgan fingerprint density at radius 3 is 1.27 bits per heavy atom. The maximum atomic E-state index is 12.3. The van der Waals surface area contributed by atoms with Gasteiger partial charge in [-0.2, -0.15) is 10.2 Å². The highest BCUT2D eigenvalue weighted by Gasteiger charge is 2.39. The molecule has 2 fully saturated rings. The quantitative estimate of drug-likeness (QED) is 0.0709. The van der Waals surface area contributed by atoms with Gasteiger partial charge in [0.15, 0.2) is 0 Å². The third kappa shape index (κ3) is 10.3. The Morgan fingerprint density at radius 1 is 0.562 bits per heavy atom. The minimum absolute atomic E-state index is 0.0493. The van der Waals surface area contributed by atoms with Crippen LogP contribution in [0.2, 0.25) is 0 Å². The van der Waals surface area contributed by atoms with Gasteiger partial charge >= 0.3 is 6.16 Å². The molecule has 6 aromatic rings. The number of aryl methyl sites for hydroxylation is 2. The molecule has 2 heterocycles. The zero-order valence-corrected chi connectivity index (χ0v) is 37.1. The summed E-state index contributed by atoms with van der Waals surface area (Å²) < 4.78 is 37.1. The van der Waals surface area contributed by atoms with Crippen LogP contribution in [0.25, 0.3) is 33.9 Å². The van der Waals surface area contributed by atoms with Gasteiger partial charge in [-0.05, 0) is 126 Å². The number of carbonyl (C=O) groups is 1. The lowest BCUT2D eigenvalue weighted by Gasteiger charge is -2.34. The summed E-state index contributed by atoms with van der Waals surface area (Å²) in [5.41, 5.74) is 6.90. The van der Waals surface area contributed by atoms with E-state index in [9.17, 15) is 15.0 Å². The molecule has 4 aromatic carbocycles. The lowest BCUT2D eigenvalue weighted by atomic mass is 9.81. The third-order valence-electron chi connectivity index (χ3n) is 12.5. The summed E-state index contributed by atoms with van der Waals surface area (Å²) >= 11 is 0. The molecule has 0 radical (unpaired) electrons. The van der Waals surface area contributed by atoms with Crippen LogP contribution in [0.5, 0.6) is 11.5 Å². The van der Waals surface area contributed by atoms with E-state index in [1.54, 1.807) is 14.2 Å². The van der Waals surface area contributed by atoms with Gasteiger partial charge in [-0.15, -0.1) is 0 Å². The van der Waals surface area contributed by atoms with Crippen molar-refractivity contribution in [2.75, 3.05) is 40.6 Å². The standard InChI is InChI=1S/C51H58N4O9/c1-35-5-9-37(10-6-35)45-33-47(52-54(45)39-13-17-41(59-3)18-14-39)50(57)25-21-43(22-26-50)61-29-31-63-49(56)64-32-30-62-44-23-27-51(58,28-24-44)48-34-46(38-11-7-36(2)8-12-38)55(53-48)40-15-19-42(60-4)20-16-40/h5-20,33-34,43-44,57-58H,21-32H2,1-4H3. The fourth-order valence-electron chi connectivity index (χ4n) is 8.62. The summed E-state index contributed by atoms with van der Waals surface area (Å²) in [6.07, 6.45) is 3.52. The fraction of sp³-hybridized carbons (Fsp3) is 0.392. The largest absolute Gasteiger partial charge is 0.508 e. The Labute approximate surface area is 374 Å². The SMILES string of the molecule is COc1ccc(-n2nc(C3(O)CCC(OCCOC(=O)OCCOC4CCC(O)(c5cc(-c6ccc(C)cc6)n(-c6ccc(OC)cc6)n5)CC4)CC3)cc2-c2ccc(C)cc2)cc1. The van der Waals surface area contributed by atoms with Gasteiger partial charge in [-0.25, -0.2) is 14.2 Å². The van der Waals surface area contributed by atoms with E-state index in [0.29, 0.717) is 62.8 Å². The van der Waals surface area contributed by atoms with Crippen LogP contribution in [0.15, 0.2) is 109 Å². The summed E-state index contributed by atoms with van der Waals surface area (Å²) in [5.74, 6) is 1.51. The number of nitrogens with zero attached hydrogens (tertiary/aromatic N) is 4. The molecule has 0 unspecified atom stereocenters. The molecule has 8 rings (SSSR count). The van der Waals surface area contributed by atoms with Gasteiger partial charge in [0.05, 0.1) is 73.8 Å². The van der Waals surface area contributed by atoms with Crippen molar-refractivity contribution >= 4 is 6.16 Å². The van der Waals surface area contributed by atoms with Crippen LogP contribution in [0.3, 0.4) is 0 Å². The minimum Gasteiger partial charge on any atom is -0.497 e. The maximum Gasteiger partial charge on any atom is 0.508 e. The first-order valence-electron chi connectivity index (χ1n) is 22.1. The van der Waals surface area contributed by atoms with Gasteiger partial charge in [0.2, 0.25) is 0 Å². The second-order valence-electron chi connectivity index (χ2n) is 16.9. The van der Waals surface area contributed by atoms with Crippen molar-refractivity contribution < 1.29 is 43.4 Å². The van der Waals surface area contributed by atoms with Gasteiger partial charge in [-0.1, -0.05) is 59.7 Å². The number of aliphatic hydroxyl groups is 2. The molecule has 0 aliphatic heterocycles. The van der Waals surface area contributed by atoms with E-state index < -0.39 is 17.4 Å². The summed E-state index contributed by atoms with van der Waals surface area (Å²) in [4.78, 5) is 12.3. The minimum atomic E-state index is -1.10. The predicted octanol–water partition coefficient (Wildman–Crippen LogP) is 9.17. The highest BCUT2D eigenvalue weighted by Crippen LogP contribution is 2.41. The van der Waals surface area contributed by atoms with Crippen LogP contribution >= 0.6 is 0 Å². The van der Waals surface area contributed by atoms with Crippen LogP contribution in [-0.2, 0) is 30.1 Å². The summed E-state index contributed by atoms with van der Waals surface area (Å²) in [6, 6.07) is 36.0. The molecule has 0 amide bonds. The van der Waals surface area contributed by atoms with Gasteiger partial charge < -0.3 is 38.6 Å². The van der Waals surface area contributed by atoms with Crippen molar-refractivity contribution in [3.63, 3.8) is 0 Å². The van der Waals surface area contributed by atoms with Crippen molar-refractivity contribution in [2.45, 2.75) is 88.6 Å². The lowest BCUT2D eigenvalue weighted by Crippen LogP contribution is -2.35. The molecule has 2 aliphatic carbocycles. The van der Waals surface area contributed by atoms with Crippen molar-refractivity contribution in [2.24, 2.45) is 0 Å². The van der Waals surface area contributed by atoms with Crippen LogP contribution in [-0.4, -0.2) is 88.8 Å². The molecule has 2 saturated carbocycles. The Kier molecular flexibility index (Phi) is 13.8. The number of carbonyl (C=O) groups excluding carboxylic acids is 1. The Bertz CT molecular complexity index is 2270. The molecule has 0 spiro atoms. The van der Waals surface area contributed by atoms with Crippen LogP contribution in [0.4, 0.5) is 4.79 Å². The molecular formula is C51H58N4O9. The second-order valence-corrected chi connectivity index (χ2v) is 16.9. The normalized spacial score (nSPS) is 21.0. The molecule has 13 heteroatoms. The molecule has 2 N–H and O–H groups in total. The van der Waals surface area contributed by atoms with Crippen molar-refractivity contribution in [1.29, 1.82) is 0 Å². The van der Waals surface area contributed by atoms with E-state index in [4.69, 9.17) is 38.6 Å². The average molecular weight is 871 g/mol. The first-order chi connectivity index (χ1) is 31.0. The van der Waals surface area contributed by atoms with Crippen LogP contribution in [0, 0.1) is 13.8 Å². The summed E-state index contributed by atoms with van der Waals surface area (Å²) in [5, 5.41) is 33.6. The Hall–Kier alpha value is -5.99. The zero-order chi connectivity index (χ0) is 44.7. The van der Waals surface area contributed by atoms with E-state index in [-0.39, 0.29) is 38.6 Å². The van der Waals surface area contributed by atoms with E-state index in [1.807, 2.05) is 70.0 Å². The Morgan fingerprint density at radius 2 is 0.922 bits per heavy atom. The van der Waals surface area contributed by atoms with E-state index in [2.05, 4.69) is 62.4 Å². The van der Waals surface area contributed by atoms with E-state index >= 15 is 0 Å². The second kappa shape index (κ2) is 19.8. The number of hydrogen-bond acceptors (Lipinski definition) is 11. The molecule has 0 atom stereocenters. The highest BCUT2D eigenvalue weighted by molar-refractivity contribution is 5.65. The molecule has 13 nitrogen and oxygen atoms in total. The van der Waals surface area contributed by atoms with Crippen molar-refractivity contribution in [3.8, 4) is 45.4 Å². The predicted molar refractivity (Wildman–Crippen MR) is 242 cm³/mol. The number of ether oxygens (including phenoxy) is 6. The van der Waals surface area contributed by atoms with Gasteiger partial charge in [0, 0.05) is 11.1 Å². The van der Waals surface area contributed by atoms with Gasteiger partial charge in [0.1, 0.15) is 35.9 Å². The van der Waals surface area contributed by atoms with Gasteiger partial charge in [-0.3, -0.25) is 0 Å². The van der Waals surface area contributed by atoms with Crippen LogP contribution in [0.1, 0.15) is 73.9 Å². The van der Waals surface area contributed by atoms with E-state index in [0.717, 1.165) is 56.5 Å². The highest BCUT2D eigenvalue weighted by atomic mass is 16.7. The summed E-state index contributed by atoms with van der Waals surface area (Å²) in [6.45, 7) is 4.64. The van der Waals surface area contributed by atoms with Crippen molar-refractivity contribution in [3.05, 3.63) is 132 Å². The first-order valence-corrected chi connectivity index (χ1v) is 22.1. The van der Waals surface area contributed by atoms with Gasteiger partial charge in [0.25, 0.3) is 0 Å². The molecule has 0 saturated heterocycles. The molecule has 64 heavy (non-hydrogen) atoms. The zero-order valence-electron chi connectivity index (χ0n) is 37.1. The third-order valence-corrected chi connectivity index (χ3v) is 12.5. The number of hydrogen-bond donors (Lipinski definition) is 2. The molecule has 336 valence electrons. The molecule has 0 bridgehead atoms. The average Bonchev–Trinajstić information content (AvgIpc) is 3.99. The summed E-state index contributed by atoms with van der Waals surface area (Å²) in [7, 11) is 3.28. The first kappa shape index (κ1) is 44.6. The molecule has 2 aliphatic rings. The maximum absolute atomic E-state index is 12.3. The van der Waals surface area contributed by atoms with Crippen LogP contribution < -0.4 is 9.47 Å². The number of rotatable bonds is 16. The number of methoxy groups -OCH3 is 2. The molecule has 2 aromatic heterocycles. The van der Waals surface area contributed by atoms with Crippen molar-refractivity contribution in [1.82, 2.24) is 19.6 Å². The fourth-order valence-corrected chi connectivity index (χ4v) is 8.62. The number of benzene rings is 4. The lowest BCUT2D eigenvalue weighted by molar-refractivity contribution is -0.0747. The smallest absolute Gasteiger partial charge is 0.497 e. The number of aromatic nitrogens is 4. The topological polar surface area (TPSA) is 149 Å².